The summed E-state index contributed by atoms with van der Waals surface area (Å²) in [6, 6.07) is 2.67. The molecule has 0 saturated heterocycles. The Labute approximate surface area is 45.2 Å². The van der Waals surface area contributed by atoms with E-state index in [1.165, 1.54) is 0 Å². The predicted octanol–water partition coefficient (Wildman–Crippen LogP) is 0.265. The second-order valence-electron chi connectivity index (χ2n) is 0.994. The molecule has 0 radical (unpaired) electrons. The maximum Gasteiger partial charge on any atom is 0.364 e. The second-order valence-corrected chi connectivity index (χ2v) is 0.994. The van der Waals surface area contributed by atoms with Gasteiger partial charge in [-0.15, -0.1) is 0 Å². The van der Waals surface area contributed by atoms with Crippen LogP contribution < -0.4 is 0 Å². The largest absolute Gasteiger partial charge is 0.364 e. The molecule has 0 unspecified atom stereocenters. The highest BCUT2D eigenvalue weighted by atomic mass is 19.1. The average molecular weight is 109 g/mol. The van der Waals surface area contributed by atoms with Crippen molar-refractivity contribution in [3.05, 3.63) is 0 Å². The number of alkyl halides is 1. The van der Waals surface area contributed by atoms with Crippen LogP contribution in [0.25, 0.3) is 0 Å². The number of rotatable bonds is 0. The monoisotopic (exact) mass is 109 g/mol. The third-order valence-electron chi connectivity index (χ3n) is 0.462. The Morgan fingerprint density at radius 3 is 1.25 bits per heavy atom. The Balaban J connectivity index is 4.42. The number of nitrogens with zero attached hydrogens (tertiary/aromatic N) is 3. The van der Waals surface area contributed by atoms with E-state index in [0.29, 0.717) is 0 Å². The third kappa shape index (κ3) is 0.929. The summed E-state index contributed by atoms with van der Waals surface area (Å²) in [4.78, 5) is 0. The molecule has 0 aromatic carbocycles. The van der Waals surface area contributed by atoms with Gasteiger partial charge in [0.15, 0.2) is 0 Å². The molecule has 0 N–H and O–H groups in total. The van der Waals surface area contributed by atoms with Gasteiger partial charge in [0.1, 0.15) is 18.2 Å². The number of halogens is 1. The van der Waals surface area contributed by atoms with Gasteiger partial charge in [-0.3, -0.25) is 0 Å². The van der Waals surface area contributed by atoms with Gasteiger partial charge >= 0.3 is 5.67 Å². The lowest BCUT2D eigenvalue weighted by Gasteiger charge is -1.88. The second kappa shape index (κ2) is 1.91. The fourth-order valence-electron chi connectivity index (χ4n) is 0.0750. The van der Waals surface area contributed by atoms with E-state index in [4.69, 9.17) is 15.8 Å². The Hall–Kier alpha value is -1.60. The summed E-state index contributed by atoms with van der Waals surface area (Å²) in [6.07, 6.45) is 0. The van der Waals surface area contributed by atoms with E-state index in [9.17, 15) is 4.39 Å². The van der Waals surface area contributed by atoms with Gasteiger partial charge in [0.25, 0.3) is 0 Å². The standard InChI is InChI=1S/C4FN3/c5-4(1-6,2-7)3-8. The highest BCUT2D eigenvalue weighted by Crippen LogP contribution is 2.03. The molecular formula is C4FN3. The van der Waals surface area contributed by atoms with Crippen LogP contribution in [0.1, 0.15) is 0 Å². The Kier molecular flexibility index (Phi) is 1.53. The van der Waals surface area contributed by atoms with Gasteiger partial charge in [-0.2, -0.15) is 20.2 Å². The first-order chi connectivity index (χ1) is 3.68. The van der Waals surface area contributed by atoms with Crippen molar-refractivity contribution in [1.82, 2.24) is 0 Å². The van der Waals surface area contributed by atoms with Gasteiger partial charge in [0.05, 0.1) is 0 Å². The van der Waals surface area contributed by atoms with Crippen LogP contribution in [-0.2, 0) is 0 Å². The van der Waals surface area contributed by atoms with Crippen LogP contribution in [0.5, 0.6) is 0 Å². The highest BCUT2D eigenvalue weighted by Gasteiger charge is 2.27. The van der Waals surface area contributed by atoms with Crippen LogP contribution in [0.15, 0.2) is 0 Å². The van der Waals surface area contributed by atoms with Gasteiger partial charge in [-0.25, -0.2) is 0 Å². The normalized spacial score (nSPS) is 8.25. The van der Waals surface area contributed by atoms with Crippen molar-refractivity contribution in [3.63, 3.8) is 0 Å². The molecule has 0 aromatic rings. The lowest BCUT2D eigenvalue weighted by Crippen LogP contribution is -2.12. The molecule has 0 aromatic heterocycles. The lowest BCUT2D eigenvalue weighted by molar-refractivity contribution is 0.398. The number of hydrogen-bond donors (Lipinski definition) is 0. The molecule has 0 aliphatic rings. The van der Waals surface area contributed by atoms with E-state index in [-0.39, 0.29) is 0 Å². The number of hydrogen-bond acceptors (Lipinski definition) is 3. The van der Waals surface area contributed by atoms with Crippen LogP contribution in [0.4, 0.5) is 4.39 Å². The molecule has 0 aliphatic carbocycles. The summed E-state index contributed by atoms with van der Waals surface area (Å²) in [5, 5.41) is 23.1. The third-order valence-corrected chi connectivity index (χ3v) is 0.462. The van der Waals surface area contributed by atoms with E-state index in [1.807, 2.05) is 0 Å². The van der Waals surface area contributed by atoms with Crippen LogP contribution in [0.2, 0.25) is 0 Å². The smallest absolute Gasteiger partial charge is 0.193 e. The first-order valence-electron chi connectivity index (χ1n) is 1.61. The van der Waals surface area contributed by atoms with Crippen molar-refractivity contribution in [3.8, 4) is 18.2 Å². The average Bonchev–Trinajstić information content (AvgIpc) is 1.87. The van der Waals surface area contributed by atoms with Crippen molar-refractivity contribution >= 4 is 0 Å². The van der Waals surface area contributed by atoms with E-state index in [1.54, 1.807) is 0 Å². The molecule has 0 rings (SSSR count). The quantitative estimate of drug-likeness (QED) is 0.448. The molecule has 0 bridgehead atoms. The van der Waals surface area contributed by atoms with E-state index in [2.05, 4.69) is 0 Å². The summed E-state index contributed by atoms with van der Waals surface area (Å²) >= 11 is 0. The first kappa shape index (κ1) is 6.40. The predicted molar refractivity (Wildman–Crippen MR) is 20.7 cm³/mol. The topological polar surface area (TPSA) is 71.4 Å². The molecular weight excluding hydrogens is 109 g/mol. The van der Waals surface area contributed by atoms with Crippen molar-refractivity contribution in [2.45, 2.75) is 5.67 Å². The molecule has 0 saturated carbocycles. The van der Waals surface area contributed by atoms with Crippen molar-refractivity contribution in [1.29, 1.82) is 15.8 Å². The van der Waals surface area contributed by atoms with E-state index in [0.717, 1.165) is 18.2 Å². The Morgan fingerprint density at radius 1 is 1.00 bits per heavy atom. The Bertz CT molecular complexity index is 165. The SMILES string of the molecule is N#CC(F)(C#N)C#N. The van der Waals surface area contributed by atoms with Crippen molar-refractivity contribution in [2.75, 3.05) is 0 Å². The summed E-state index contributed by atoms with van der Waals surface area (Å²) in [6.45, 7) is 0. The summed E-state index contributed by atoms with van der Waals surface area (Å²) in [5.41, 5.74) is -2.96. The van der Waals surface area contributed by atoms with Gasteiger partial charge in [0.2, 0.25) is 0 Å². The minimum absolute atomic E-state index is 0.889. The van der Waals surface area contributed by atoms with Crippen LogP contribution in [0.3, 0.4) is 0 Å². The molecule has 0 fully saturated rings. The molecule has 0 aliphatic heterocycles. The van der Waals surface area contributed by atoms with Crippen LogP contribution in [0, 0.1) is 34.0 Å². The van der Waals surface area contributed by atoms with Crippen molar-refractivity contribution in [2.24, 2.45) is 0 Å². The van der Waals surface area contributed by atoms with Gasteiger partial charge in [0, 0.05) is 0 Å². The zero-order valence-electron chi connectivity index (χ0n) is 3.72. The zero-order valence-corrected chi connectivity index (χ0v) is 3.72. The van der Waals surface area contributed by atoms with Gasteiger partial charge in [-0.05, 0) is 0 Å². The summed E-state index contributed by atoms with van der Waals surface area (Å²) in [7, 11) is 0. The molecule has 0 atom stereocenters. The minimum Gasteiger partial charge on any atom is -0.193 e. The molecule has 0 spiro atoms. The molecule has 0 heterocycles. The number of nitriles is 3. The lowest BCUT2D eigenvalue weighted by atomic mass is 10.2. The molecule has 0 amide bonds. The molecule has 38 valence electrons. The minimum atomic E-state index is -2.96. The fraction of sp³-hybridized carbons (Fsp3) is 0.250. The molecule has 3 nitrogen and oxygen atoms in total. The van der Waals surface area contributed by atoms with E-state index >= 15 is 0 Å². The maximum absolute atomic E-state index is 11.9. The van der Waals surface area contributed by atoms with E-state index < -0.39 is 5.67 Å². The maximum atomic E-state index is 11.9. The molecule has 4 heteroatoms. The molecule has 8 heavy (non-hydrogen) atoms. The van der Waals surface area contributed by atoms with Crippen molar-refractivity contribution < 1.29 is 4.39 Å². The zero-order chi connectivity index (χ0) is 6.62. The first-order valence-corrected chi connectivity index (χ1v) is 1.61. The van der Waals surface area contributed by atoms with Gasteiger partial charge in [-0.1, -0.05) is 0 Å². The van der Waals surface area contributed by atoms with Crippen LogP contribution >= 0.6 is 0 Å². The highest BCUT2D eigenvalue weighted by molar-refractivity contribution is 5.28. The Morgan fingerprint density at radius 2 is 1.25 bits per heavy atom. The van der Waals surface area contributed by atoms with Gasteiger partial charge < -0.3 is 0 Å². The summed E-state index contributed by atoms with van der Waals surface area (Å²) in [5.74, 6) is 0. The van der Waals surface area contributed by atoms with Crippen LogP contribution in [-0.4, -0.2) is 5.67 Å². The summed E-state index contributed by atoms with van der Waals surface area (Å²) < 4.78 is 11.9. The fourth-order valence-corrected chi connectivity index (χ4v) is 0.0750.